The van der Waals surface area contributed by atoms with E-state index in [-0.39, 0.29) is 16.9 Å². The van der Waals surface area contributed by atoms with Crippen molar-refractivity contribution in [2.45, 2.75) is 6.42 Å². The molecule has 0 fully saturated rings. The second-order valence-corrected chi connectivity index (χ2v) is 4.62. The van der Waals surface area contributed by atoms with Gasteiger partial charge >= 0.3 is 0 Å². The van der Waals surface area contributed by atoms with Gasteiger partial charge in [-0.15, -0.1) is 0 Å². The van der Waals surface area contributed by atoms with E-state index in [2.05, 4.69) is 4.98 Å². The molecule has 1 amide bonds. The predicted octanol–water partition coefficient (Wildman–Crippen LogP) is 1.44. The predicted molar refractivity (Wildman–Crippen MR) is 77.9 cm³/mol. The zero-order valence-corrected chi connectivity index (χ0v) is 12.5. The number of aromatic nitrogens is 1. The third-order valence-electron chi connectivity index (χ3n) is 2.69. The monoisotopic (exact) mass is 301 g/mol. The number of ether oxygens (including phenoxy) is 2. The lowest BCUT2D eigenvalue weighted by Gasteiger charge is -2.22. The van der Waals surface area contributed by atoms with Crippen molar-refractivity contribution in [1.82, 2.24) is 9.88 Å². The Morgan fingerprint density at radius 1 is 1.30 bits per heavy atom. The molecule has 0 spiro atoms. The maximum Gasteiger partial charge on any atom is 0.254 e. The molecule has 0 aliphatic heterocycles. The molecule has 7 heteroatoms. The summed E-state index contributed by atoms with van der Waals surface area (Å²) in [4.78, 5) is 18.0. The summed E-state index contributed by atoms with van der Waals surface area (Å²) in [7, 11) is 3.23. The van der Waals surface area contributed by atoms with Crippen LogP contribution in [0.25, 0.3) is 0 Å². The molecule has 1 aromatic rings. The standard InChI is InChI=1S/C13H20ClN3O3/c1-19-6-3-4-17(5-7-20-2)13(18)10-8-11(14)16-12(15)9-10/h8-9H,3-7H2,1-2H3,(H2,15,16). The first-order valence-corrected chi connectivity index (χ1v) is 6.66. The van der Waals surface area contributed by atoms with Gasteiger partial charge in [0, 0.05) is 39.5 Å². The highest BCUT2D eigenvalue weighted by Crippen LogP contribution is 2.14. The molecule has 0 saturated carbocycles. The number of pyridine rings is 1. The zero-order valence-electron chi connectivity index (χ0n) is 11.8. The van der Waals surface area contributed by atoms with Crippen LogP contribution in [0.2, 0.25) is 5.15 Å². The van der Waals surface area contributed by atoms with Crippen LogP contribution in [0.5, 0.6) is 0 Å². The number of nitrogens with two attached hydrogens (primary N) is 1. The van der Waals surface area contributed by atoms with Crippen molar-refractivity contribution in [3.63, 3.8) is 0 Å². The Hall–Kier alpha value is -1.37. The summed E-state index contributed by atoms with van der Waals surface area (Å²) < 4.78 is 10.0. The molecule has 20 heavy (non-hydrogen) atoms. The maximum absolute atomic E-state index is 12.4. The van der Waals surface area contributed by atoms with Crippen molar-refractivity contribution >= 4 is 23.3 Å². The van der Waals surface area contributed by atoms with Crippen LogP contribution >= 0.6 is 11.6 Å². The number of halogens is 1. The van der Waals surface area contributed by atoms with E-state index < -0.39 is 0 Å². The lowest BCUT2D eigenvalue weighted by Crippen LogP contribution is -2.35. The van der Waals surface area contributed by atoms with Crippen molar-refractivity contribution in [3.05, 3.63) is 22.8 Å². The summed E-state index contributed by atoms with van der Waals surface area (Å²) in [5.74, 6) is 0.0820. The zero-order chi connectivity index (χ0) is 15.0. The van der Waals surface area contributed by atoms with Gasteiger partial charge in [0.25, 0.3) is 5.91 Å². The van der Waals surface area contributed by atoms with Crippen LogP contribution in [-0.4, -0.2) is 56.3 Å². The first kappa shape index (κ1) is 16.7. The molecule has 0 aromatic carbocycles. The van der Waals surface area contributed by atoms with Crippen LogP contribution in [0.3, 0.4) is 0 Å². The number of carbonyl (C=O) groups is 1. The lowest BCUT2D eigenvalue weighted by molar-refractivity contribution is 0.0674. The van der Waals surface area contributed by atoms with E-state index >= 15 is 0 Å². The third-order valence-corrected chi connectivity index (χ3v) is 2.88. The summed E-state index contributed by atoms with van der Waals surface area (Å²) in [6.07, 6.45) is 0.750. The Bertz CT molecular complexity index is 423. The van der Waals surface area contributed by atoms with Crippen molar-refractivity contribution in [2.24, 2.45) is 0 Å². The van der Waals surface area contributed by atoms with Gasteiger partial charge in [0.2, 0.25) is 0 Å². The van der Waals surface area contributed by atoms with Gasteiger partial charge in [-0.05, 0) is 18.6 Å². The SMILES string of the molecule is COCCCN(CCOC)C(=O)c1cc(N)nc(Cl)c1. The van der Waals surface area contributed by atoms with E-state index in [1.54, 1.807) is 19.1 Å². The summed E-state index contributed by atoms with van der Waals surface area (Å²) in [5, 5.41) is 0.205. The van der Waals surface area contributed by atoms with E-state index in [0.717, 1.165) is 6.42 Å². The van der Waals surface area contributed by atoms with Gasteiger partial charge in [0.05, 0.1) is 6.61 Å². The van der Waals surface area contributed by atoms with Gasteiger partial charge in [-0.3, -0.25) is 4.79 Å². The molecule has 0 saturated heterocycles. The Kier molecular flexibility index (Phi) is 7.28. The minimum Gasteiger partial charge on any atom is -0.385 e. The quantitative estimate of drug-likeness (QED) is 0.581. The number of rotatable bonds is 8. The summed E-state index contributed by atoms with van der Waals surface area (Å²) in [6.45, 7) is 2.14. The highest BCUT2D eigenvalue weighted by Gasteiger charge is 2.16. The molecule has 0 unspecified atom stereocenters. The number of nitrogens with zero attached hydrogens (tertiary/aromatic N) is 2. The van der Waals surface area contributed by atoms with E-state index in [1.165, 1.54) is 12.1 Å². The van der Waals surface area contributed by atoms with E-state index in [1.807, 2.05) is 0 Å². The van der Waals surface area contributed by atoms with E-state index in [9.17, 15) is 4.79 Å². The topological polar surface area (TPSA) is 77.7 Å². The highest BCUT2D eigenvalue weighted by molar-refractivity contribution is 6.29. The van der Waals surface area contributed by atoms with Gasteiger partial charge in [0.1, 0.15) is 11.0 Å². The van der Waals surface area contributed by atoms with Crippen LogP contribution in [0.4, 0.5) is 5.82 Å². The molecule has 0 aliphatic rings. The molecule has 1 aromatic heterocycles. The van der Waals surface area contributed by atoms with Crippen molar-refractivity contribution in [2.75, 3.05) is 46.3 Å². The normalized spacial score (nSPS) is 10.6. The second kappa shape index (κ2) is 8.73. The van der Waals surface area contributed by atoms with Crippen molar-refractivity contribution < 1.29 is 14.3 Å². The third kappa shape index (κ3) is 5.32. The fourth-order valence-corrected chi connectivity index (χ4v) is 1.95. The van der Waals surface area contributed by atoms with Crippen molar-refractivity contribution in [3.8, 4) is 0 Å². The minimum absolute atomic E-state index is 0.144. The fourth-order valence-electron chi connectivity index (χ4n) is 1.74. The lowest BCUT2D eigenvalue weighted by atomic mass is 10.2. The first-order chi connectivity index (χ1) is 9.58. The van der Waals surface area contributed by atoms with Gasteiger partial charge in [-0.25, -0.2) is 4.98 Å². The number of nitrogen functional groups attached to an aromatic ring is 1. The molecule has 6 nitrogen and oxygen atoms in total. The van der Waals surface area contributed by atoms with Crippen LogP contribution in [0.1, 0.15) is 16.8 Å². The molecule has 1 heterocycles. The summed E-state index contributed by atoms with van der Waals surface area (Å²) in [6, 6.07) is 3.03. The number of amides is 1. The Balaban J connectivity index is 2.79. The van der Waals surface area contributed by atoms with E-state index in [4.69, 9.17) is 26.8 Å². The highest BCUT2D eigenvalue weighted by atomic mass is 35.5. The number of anilines is 1. The Morgan fingerprint density at radius 2 is 2.00 bits per heavy atom. The molecule has 0 bridgehead atoms. The summed E-state index contributed by atoms with van der Waals surface area (Å²) >= 11 is 5.82. The van der Waals surface area contributed by atoms with Gasteiger partial charge in [0.15, 0.2) is 0 Å². The number of methoxy groups -OCH3 is 2. The number of hydrogen-bond donors (Lipinski definition) is 1. The molecule has 2 N–H and O–H groups in total. The van der Waals surface area contributed by atoms with Gasteiger partial charge in [-0.1, -0.05) is 11.6 Å². The van der Waals surface area contributed by atoms with Gasteiger partial charge < -0.3 is 20.1 Å². The number of hydrogen-bond acceptors (Lipinski definition) is 5. The average molecular weight is 302 g/mol. The van der Waals surface area contributed by atoms with Crippen LogP contribution in [0.15, 0.2) is 12.1 Å². The maximum atomic E-state index is 12.4. The Labute approximate surface area is 123 Å². The molecular weight excluding hydrogens is 282 g/mol. The largest absolute Gasteiger partial charge is 0.385 e. The van der Waals surface area contributed by atoms with E-state index in [0.29, 0.717) is 31.9 Å². The Morgan fingerprint density at radius 3 is 2.60 bits per heavy atom. The smallest absolute Gasteiger partial charge is 0.254 e. The molecule has 1 rings (SSSR count). The average Bonchev–Trinajstić information content (AvgIpc) is 2.41. The minimum atomic E-state index is -0.144. The summed E-state index contributed by atoms with van der Waals surface area (Å²) in [5.41, 5.74) is 6.04. The van der Waals surface area contributed by atoms with Crippen molar-refractivity contribution in [1.29, 1.82) is 0 Å². The first-order valence-electron chi connectivity index (χ1n) is 6.28. The van der Waals surface area contributed by atoms with Crippen LogP contribution in [0, 0.1) is 0 Å². The second-order valence-electron chi connectivity index (χ2n) is 4.23. The van der Waals surface area contributed by atoms with Gasteiger partial charge in [-0.2, -0.15) is 0 Å². The van der Waals surface area contributed by atoms with Crippen LogP contribution < -0.4 is 5.73 Å². The van der Waals surface area contributed by atoms with Crippen LogP contribution in [-0.2, 0) is 9.47 Å². The fraction of sp³-hybridized carbons (Fsp3) is 0.538. The molecule has 112 valence electrons. The number of carbonyl (C=O) groups excluding carboxylic acids is 1. The molecule has 0 radical (unpaired) electrons. The molecule has 0 atom stereocenters. The molecule has 0 aliphatic carbocycles. The molecular formula is C13H20ClN3O3.